The summed E-state index contributed by atoms with van der Waals surface area (Å²) in [6.07, 6.45) is 4.96. The Labute approximate surface area is 119 Å². The largest absolute Gasteiger partial charge is 0.468 e. The third-order valence-electron chi connectivity index (χ3n) is 3.51. The fourth-order valence-electron chi connectivity index (χ4n) is 2.17. The number of carbonyl (C=O) groups excluding carboxylic acids is 1. The van der Waals surface area contributed by atoms with Crippen molar-refractivity contribution in [2.45, 2.75) is 23.4 Å². The predicted octanol–water partition coefficient (Wildman–Crippen LogP) is 0.725. The molecular formula is C12H15N5O2S. The zero-order valence-corrected chi connectivity index (χ0v) is 11.8. The lowest BCUT2D eigenvalue weighted by Crippen LogP contribution is -2.53. The Balaban J connectivity index is 1.81. The smallest absolute Gasteiger partial charge is 0.327 e. The molecule has 0 spiro atoms. The van der Waals surface area contributed by atoms with Crippen LogP contribution < -0.4 is 5.73 Å². The number of esters is 1. The molecule has 3 N–H and O–H groups in total. The molecule has 20 heavy (non-hydrogen) atoms. The first kappa shape index (κ1) is 13.3. The minimum atomic E-state index is -0.948. The third-order valence-corrected chi connectivity index (χ3v) is 4.71. The molecule has 2 aromatic heterocycles. The van der Waals surface area contributed by atoms with Gasteiger partial charge in [0.25, 0.3) is 0 Å². The van der Waals surface area contributed by atoms with E-state index in [1.54, 1.807) is 6.33 Å². The van der Waals surface area contributed by atoms with Crippen LogP contribution in [-0.2, 0) is 9.53 Å². The average Bonchev–Trinajstić information content (AvgIpc) is 3.22. The molecule has 3 rings (SSSR count). The minimum absolute atomic E-state index is 0.196. The molecular weight excluding hydrogens is 278 g/mol. The Morgan fingerprint density at radius 2 is 2.35 bits per heavy atom. The molecule has 0 bridgehead atoms. The molecule has 1 atom stereocenters. The third kappa shape index (κ3) is 2.25. The van der Waals surface area contributed by atoms with Gasteiger partial charge in [0, 0.05) is 5.75 Å². The summed E-state index contributed by atoms with van der Waals surface area (Å²) in [6, 6.07) is 0. The fraction of sp³-hybridized carbons (Fsp3) is 0.500. The van der Waals surface area contributed by atoms with E-state index in [9.17, 15) is 4.79 Å². The van der Waals surface area contributed by atoms with Gasteiger partial charge >= 0.3 is 5.97 Å². The predicted molar refractivity (Wildman–Crippen MR) is 74.1 cm³/mol. The highest BCUT2D eigenvalue weighted by molar-refractivity contribution is 7.99. The SMILES string of the molecule is COC(=O)C(N)(CSc1ncnc2nc[nH]c12)C1CC1. The first-order valence-electron chi connectivity index (χ1n) is 6.29. The van der Waals surface area contributed by atoms with Crippen LogP contribution in [0, 0.1) is 5.92 Å². The Hall–Kier alpha value is -1.67. The topological polar surface area (TPSA) is 107 Å². The van der Waals surface area contributed by atoms with Crippen LogP contribution in [0.2, 0.25) is 0 Å². The molecule has 1 unspecified atom stereocenters. The van der Waals surface area contributed by atoms with Gasteiger partial charge in [0.2, 0.25) is 0 Å². The number of nitrogens with one attached hydrogen (secondary N) is 1. The summed E-state index contributed by atoms with van der Waals surface area (Å²) in [5.74, 6) is 0.263. The number of ether oxygens (including phenoxy) is 1. The zero-order valence-electron chi connectivity index (χ0n) is 11.0. The first-order chi connectivity index (χ1) is 9.65. The van der Waals surface area contributed by atoms with Crippen molar-refractivity contribution in [3.8, 4) is 0 Å². The number of hydrogen-bond donors (Lipinski definition) is 2. The van der Waals surface area contributed by atoms with Crippen LogP contribution in [0.5, 0.6) is 0 Å². The van der Waals surface area contributed by atoms with Crippen LogP contribution in [0.1, 0.15) is 12.8 Å². The quantitative estimate of drug-likeness (QED) is 0.475. The number of carbonyl (C=O) groups is 1. The number of methoxy groups -OCH3 is 1. The van der Waals surface area contributed by atoms with Gasteiger partial charge in [-0.3, -0.25) is 4.79 Å². The second-order valence-corrected chi connectivity index (χ2v) is 5.84. The van der Waals surface area contributed by atoms with Crippen molar-refractivity contribution in [2.24, 2.45) is 11.7 Å². The number of nitrogens with zero attached hydrogens (tertiary/aromatic N) is 3. The highest BCUT2D eigenvalue weighted by Crippen LogP contribution is 2.41. The molecule has 2 aromatic rings. The van der Waals surface area contributed by atoms with E-state index in [0.717, 1.165) is 23.4 Å². The minimum Gasteiger partial charge on any atom is -0.468 e. The average molecular weight is 293 g/mol. The van der Waals surface area contributed by atoms with Gasteiger partial charge in [-0.25, -0.2) is 15.0 Å². The molecule has 0 aliphatic heterocycles. The van der Waals surface area contributed by atoms with Crippen molar-refractivity contribution >= 4 is 28.9 Å². The first-order valence-corrected chi connectivity index (χ1v) is 7.28. The molecule has 1 saturated carbocycles. The van der Waals surface area contributed by atoms with Gasteiger partial charge in [-0.15, -0.1) is 11.8 Å². The molecule has 1 aliphatic carbocycles. The van der Waals surface area contributed by atoms with Crippen LogP contribution >= 0.6 is 11.8 Å². The maximum atomic E-state index is 11.9. The Morgan fingerprint density at radius 3 is 3.05 bits per heavy atom. The van der Waals surface area contributed by atoms with Crippen LogP contribution in [0.15, 0.2) is 17.7 Å². The molecule has 1 aliphatic rings. The van der Waals surface area contributed by atoms with Gasteiger partial charge in [0.1, 0.15) is 22.4 Å². The van der Waals surface area contributed by atoms with Crippen molar-refractivity contribution in [3.05, 3.63) is 12.7 Å². The van der Waals surface area contributed by atoms with E-state index in [4.69, 9.17) is 10.5 Å². The molecule has 0 saturated heterocycles. The lowest BCUT2D eigenvalue weighted by molar-refractivity contribution is -0.146. The van der Waals surface area contributed by atoms with Crippen LogP contribution in [0.4, 0.5) is 0 Å². The summed E-state index contributed by atoms with van der Waals surface area (Å²) in [6.45, 7) is 0. The summed E-state index contributed by atoms with van der Waals surface area (Å²) >= 11 is 1.43. The number of imidazole rings is 1. The highest BCUT2D eigenvalue weighted by atomic mass is 32.2. The van der Waals surface area contributed by atoms with Crippen molar-refractivity contribution in [2.75, 3.05) is 12.9 Å². The van der Waals surface area contributed by atoms with E-state index in [1.165, 1.54) is 25.2 Å². The molecule has 1 fully saturated rings. The van der Waals surface area contributed by atoms with Crippen LogP contribution in [0.25, 0.3) is 11.2 Å². The zero-order chi connectivity index (χ0) is 14.2. The van der Waals surface area contributed by atoms with Gasteiger partial charge in [-0.1, -0.05) is 0 Å². The molecule has 8 heteroatoms. The normalized spacial score (nSPS) is 17.9. The maximum absolute atomic E-state index is 11.9. The van der Waals surface area contributed by atoms with Gasteiger partial charge in [-0.05, 0) is 18.8 Å². The number of aromatic nitrogens is 4. The summed E-state index contributed by atoms with van der Waals surface area (Å²) in [7, 11) is 1.37. The Morgan fingerprint density at radius 1 is 1.55 bits per heavy atom. The molecule has 0 aromatic carbocycles. The van der Waals surface area contributed by atoms with E-state index in [1.807, 2.05) is 0 Å². The molecule has 2 heterocycles. The van der Waals surface area contributed by atoms with Gasteiger partial charge in [-0.2, -0.15) is 0 Å². The molecule has 7 nitrogen and oxygen atoms in total. The van der Waals surface area contributed by atoms with E-state index in [-0.39, 0.29) is 11.9 Å². The highest BCUT2D eigenvalue weighted by Gasteiger charge is 2.49. The van der Waals surface area contributed by atoms with Crippen molar-refractivity contribution < 1.29 is 9.53 Å². The molecule has 0 radical (unpaired) electrons. The maximum Gasteiger partial charge on any atom is 0.327 e. The Kier molecular flexibility index (Phi) is 3.35. The number of hydrogen-bond acceptors (Lipinski definition) is 7. The van der Waals surface area contributed by atoms with Gasteiger partial charge < -0.3 is 15.5 Å². The van der Waals surface area contributed by atoms with E-state index in [0.29, 0.717) is 11.4 Å². The number of rotatable bonds is 5. The summed E-state index contributed by atoms with van der Waals surface area (Å²) in [5.41, 5.74) is 6.68. The number of nitrogens with two attached hydrogens (primary N) is 1. The number of aromatic amines is 1. The Bertz CT molecular complexity index is 642. The summed E-state index contributed by atoms with van der Waals surface area (Å²) < 4.78 is 4.85. The van der Waals surface area contributed by atoms with Gasteiger partial charge in [0.05, 0.1) is 13.4 Å². The number of H-pyrrole nitrogens is 1. The second-order valence-electron chi connectivity index (χ2n) is 4.87. The van der Waals surface area contributed by atoms with E-state index < -0.39 is 5.54 Å². The molecule has 106 valence electrons. The van der Waals surface area contributed by atoms with Gasteiger partial charge in [0.15, 0.2) is 5.65 Å². The lowest BCUT2D eigenvalue weighted by Gasteiger charge is -2.25. The van der Waals surface area contributed by atoms with Crippen LogP contribution in [0.3, 0.4) is 0 Å². The second kappa shape index (κ2) is 5.02. The standard InChI is InChI=1S/C12H15N5O2S/c1-19-11(18)12(13,7-2-3-7)4-20-10-8-9(15-5-14-8)16-6-17-10/h5-7H,2-4,13H2,1H3,(H,14,15,16,17). The number of thioether (sulfide) groups is 1. The van der Waals surface area contributed by atoms with Crippen molar-refractivity contribution in [3.63, 3.8) is 0 Å². The monoisotopic (exact) mass is 293 g/mol. The fourth-order valence-corrected chi connectivity index (χ4v) is 3.32. The van der Waals surface area contributed by atoms with Crippen molar-refractivity contribution in [1.29, 1.82) is 0 Å². The molecule has 0 amide bonds. The summed E-state index contributed by atoms with van der Waals surface area (Å²) in [5, 5.41) is 0.742. The van der Waals surface area contributed by atoms with Crippen molar-refractivity contribution in [1.82, 2.24) is 19.9 Å². The van der Waals surface area contributed by atoms with Crippen LogP contribution in [-0.4, -0.2) is 44.3 Å². The van der Waals surface area contributed by atoms with E-state index in [2.05, 4.69) is 19.9 Å². The summed E-state index contributed by atoms with van der Waals surface area (Å²) in [4.78, 5) is 27.3. The van der Waals surface area contributed by atoms with E-state index >= 15 is 0 Å². The lowest BCUT2D eigenvalue weighted by atomic mass is 9.97. The number of fused-ring (bicyclic) bond motifs is 1.